The first kappa shape index (κ1) is 15.9. The van der Waals surface area contributed by atoms with Gasteiger partial charge in [-0.15, -0.1) is 11.3 Å². The van der Waals surface area contributed by atoms with E-state index < -0.39 is 0 Å². The van der Waals surface area contributed by atoms with Crippen LogP contribution in [0.2, 0.25) is 0 Å². The molecule has 1 atom stereocenters. The van der Waals surface area contributed by atoms with Gasteiger partial charge in [-0.05, 0) is 37.6 Å². The minimum absolute atomic E-state index is 0.0239. The van der Waals surface area contributed by atoms with E-state index in [1.807, 2.05) is 6.92 Å². The van der Waals surface area contributed by atoms with Gasteiger partial charge in [0.1, 0.15) is 11.6 Å². The molecule has 0 aliphatic carbocycles. The number of nitrogens with two attached hydrogens (primary N) is 1. The Morgan fingerprint density at radius 3 is 2.62 bits per heavy atom. The Labute approximate surface area is 129 Å². The van der Waals surface area contributed by atoms with Gasteiger partial charge in [0.05, 0.1) is 17.3 Å². The molecule has 0 fully saturated rings. The highest BCUT2D eigenvalue weighted by Crippen LogP contribution is 2.25. The third kappa shape index (κ3) is 4.51. The lowest BCUT2D eigenvalue weighted by molar-refractivity contribution is 0.321. The minimum atomic E-state index is -0.256. The van der Waals surface area contributed by atoms with Gasteiger partial charge in [-0.25, -0.2) is 9.37 Å². The van der Waals surface area contributed by atoms with Crippen LogP contribution in [-0.2, 0) is 12.8 Å². The topological polar surface area (TPSA) is 48.1 Å². The summed E-state index contributed by atoms with van der Waals surface area (Å²) in [4.78, 5) is 5.84. The summed E-state index contributed by atoms with van der Waals surface area (Å²) in [6.45, 7) is 4.66. The second-order valence-corrected chi connectivity index (χ2v) is 6.12. The molecule has 0 spiro atoms. The summed E-state index contributed by atoms with van der Waals surface area (Å²) in [6, 6.07) is 6.08. The number of aromatic nitrogens is 1. The second kappa shape index (κ2) is 7.52. The highest BCUT2D eigenvalue weighted by Gasteiger charge is 2.13. The average Bonchev–Trinajstić information content (AvgIpc) is 2.85. The van der Waals surface area contributed by atoms with Gasteiger partial charge >= 0.3 is 0 Å². The largest absolute Gasteiger partial charge is 0.493 e. The van der Waals surface area contributed by atoms with Crippen molar-refractivity contribution in [2.24, 2.45) is 5.73 Å². The molecule has 21 heavy (non-hydrogen) atoms. The number of thiazole rings is 1. The number of aryl methyl sites for hydroxylation is 1. The van der Waals surface area contributed by atoms with E-state index in [1.165, 1.54) is 17.0 Å². The molecule has 0 saturated heterocycles. The lowest BCUT2D eigenvalue weighted by Crippen LogP contribution is -2.05. The standard InChI is InChI=1S/C16H21FN2OS/c1-3-4-14-16(11(2)18)21-15(19-14)9-10-20-13-7-5-12(17)6-8-13/h5-8,11H,3-4,9-10,18H2,1-2H3. The van der Waals surface area contributed by atoms with Crippen molar-refractivity contribution in [3.8, 4) is 5.75 Å². The SMILES string of the molecule is CCCc1nc(CCOc2ccc(F)cc2)sc1C(C)N. The van der Waals surface area contributed by atoms with E-state index in [0.717, 1.165) is 30.0 Å². The number of benzene rings is 1. The van der Waals surface area contributed by atoms with Crippen LogP contribution in [0.15, 0.2) is 24.3 Å². The summed E-state index contributed by atoms with van der Waals surface area (Å²) in [6.07, 6.45) is 2.77. The fraction of sp³-hybridized carbons (Fsp3) is 0.438. The molecule has 1 aromatic carbocycles. The summed E-state index contributed by atoms with van der Waals surface area (Å²) in [5.41, 5.74) is 7.12. The van der Waals surface area contributed by atoms with Crippen LogP contribution < -0.4 is 10.5 Å². The summed E-state index contributed by atoms with van der Waals surface area (Å²) in [7, 11) is 0. The molecule has 0 aliphatic rings. The molecule has 0 radical (unpaired) electrons. The average molecular weight is 308 g/mol. The maximum Gasteiger partial charge on any atom is 0.123 e. The smallest absolute Gasteiger partial charge is 0.123 e. The van der Waals surface area contributed by atoms with Crippen LogP contribution in [0.5, 0.6) is 5.75 Å². The summed E-state index contributed by atoms with van der Waals surface area (Å²) in [5.74, 6) is 0.419. The van der Waals surface area contributed by atoms with Gasteiger partial charge in [0, 0.05) is 17.3 Å². The Morgan fingerprint density at radius 1 is 1.29 bits per heavy atom. The van der Waals surface area contributed by atoms with Gasteiger partial charge in [-0.2, -0.15) is 0 Å². The van der Waals surface area contributed by atoms with Crippen LogP contribution in [0.25, 0.3) is 0 Å². The Kier molecular flexibility index (Phi) is 5.70. The maximum atomic E-state index is 12.8. The molecular weight excluding hydrogens is 287 g/mol. The van der Waals surface area contributed by atoms with Gasteiger partial charge in [0.25, 0.3) is 0 Å². The zero-order chi connectivity index (χ0) is 15.2. The highest BCUT2D eigenvalue weighted by atomic mass is 32.1. The lowest BCUT2D eigenvalue weighted by atomic mass is 10.2. The molecule has 1 heterocycles. The maximum absolute atomic E-state index is 12.8. The van der Waals surface area contributed by atoms with Crippen LogP contribution in [0.4, 0.5) is 4.39 Å². The number of hydrogen-bond donors (Lipinski definition) is 1. The van der Waals surface area contributed by atoms with Crippen LogP contribution >= 0.6 is 11.3 Å². The lowest BCUT2D eigenvalue weighted by Gasteiger charge is -2.04. The van der Waals surface area contributed by atoms with Crippen molar-refractivity contribution in [1.29, 1.82) is 0 Å². The summed E-state index contributed by atoms with van der Waals surface area (Å²) < 4.78 is 18.4. The molecule has 2 rings (SSSR count). The summed E-state index contributed by atoms with van der Waals surface area (Å²) in [5, 5.41) is 1.05. The van der Waals surface area contributed by atoms with E-state index >= 15 is 0 Å². The monoisotopic (exact) mass is 308 g/mol. The van der Waals surface area contributed by atoms with Crippen molar-refractivity contribution in [3.05, 3.63) is 45.7 Å². The predicted octanol–water partition coefficient (Wildman–Crippen LogP) is 3.88. The normalized spacial score (nSPS) is 12.4. The zero-order valence-electron chi connectivity index (χ0n) is 12.4. The number of nitrogens with zero attached hydrogens (tertiary/aromatic N) is 1. The van der Waals surface area contributed by atoms with E-state index in [1.54, 1.807) is 23.5 Å². The first-order valence-electron chi connectivity index (χ1n) is 7.22. The Bertz CT molecular complexity index is 566. The van der Waals surface area contributed by atoms with E-state index in [2.05, 4.69) is 11.9 Å². The molecule has 5 heteroatoms. The van der Waals surface area contributed by atoms with Crippen molar-refractivity contribution >= 4 is 11.3 Å². The molecule has 0 saturated carbocycles. The van der Waals surface area contributed by atoms with Crippen LogP contribution in [0, 0.1) is 5.82 Å². The molecule has 2 aromatic rings. The third-order valence-corrected chi connectivity index (χ3v) is 4.43. The molecule has 114 valence electrons. The quantitative estimate of drug-likeness (QED) is 0.844. The van der Waals surface area contributed by atoms with Crippen LogP contribution in [0.3, 0.4) is 0 Å². The predicted molar refractivity (Wildman–Crippen MR) is 84.3 cm³/mol. The number of ether oxygens (including phenoxy) is 1. The molecule has 3 nitrogen and oxygen atoms in total. The van der Waals surface area contributed by atoms with Gasteiger partial charge in [-0.3, -0.25) is 0 Å². The second-order valence-electron chi connectivity index (χ2n) is 5.01. The zero-order valence-corrected chi connectivity index (χ0v) is 13.3. The van der Waals surface area contributed by atoms with Gasteiger partial charge in [0.2, 0.25) is 0 Å². The first-order chi connectivity index (χ1) is 10.1. The molecular formula is C16H21FN2OS. The van der Waals surface area contributed by atoms with E-state index in [-0.39, 0.29) is 11.9 Å². The first-order valence-corrected chi connectivity index (χ1v) is 8.04. The Balaban J connectivity index is 1.93. The number of hydrogen-bond acceptors (Lipinski definition) is 4. The van der Waals surface area contributed by atoms with Crippen molar-refractivity contribution in [1.82, 2.24) is 4.98 Å². The van der Waals surface area contributed by atoms with Crippen molar-refractivity contribution < 1.29 is 9.13 Å². The molecule has 1 aromatic heterocycles. The fourth-order valence-electron chi connectivity index (χ4n) is 2.08. The van der Waals surface area contributed by atoms with Crippen molar-refractivity contribution in [3.63, 3.8) is 0 Å². The van der Waals surface area contributed by atoms with Gasteiger partial charge in [0.15, 0.2) is 0 Å². The number of rotatable bonds is 7. The Morgan fingerprint density at radius 2 is 2.00 bits per heavy atom. The van der Waals surface area contributed by atoms with Gasteiger partial charge < -0.3 is 10.5 Å². The molecule has 1 unspecified atom stereocenters. The third-order valence-electron chi connectivity index (χ3n) is 3.07. The van der Waals surface area contributed by atoms with Crippen molar-refractivity contribution in [2.45, 2.75) is 39.2 Å². The van der Waals surface area contributed by atoms with E-state index in [4.69, 9.17) is 10.5 Å². The van der Waals surface area contributed by atoms with Crippen LogP contribution in [-0.4, -0.2) is 11.6 Å². The highest BCUT2D eigenvalue weighted by molar-refractivity contribution is 7.11. The van der Waals surface area contributed by atoms with Crippen LogP contribution in [0.1, 0.15) is 41.9 Å². The Hall–Kier alpha value is -1.46. The number of halogens is 1. The van der Waals surface area contributed by atoms with Crippen molar-refractivity contribution in [2.75, 3.05) is 6.61 Å². The molecule has 0 amide bonds. The summed E-state index contributed by atoms with van der Waals surface area (Å²) >= 11 is 1.67. The van der Waals surface area contributed by atoms with E-state index in [0.29, 0.717) is 12.4 Å². The van der Waals surface area contributed by atoms with Gasteiger partial charge in [-0.1, -0.05) is 13.3 Å². The molecule has 0 bridgehead atoms. The minimum Gasteiger partial charge on any atom is -0.493 e. The molecule has 2 N–H and O–H groups in total. The van der Waals surface area contributed by atoms with E-state index in [9.17, 15) is 4.39 Å². The molecule has 0 aliphatic heterocycles. The fourth-order valence-corrected chi connectivity index (χ4v) is 3.13.